The highest BCUT2D eigenvalue weighted by Gasteiger charge is 2.11. The highest BCUT2D eigenvalue weighted by Crippen LogP contribution is 2.02. The van der Waals surface area contributed by atoms with Gasteiger partial charge in [0.25, 0.3) is 0 Å². The van der Waals surface area contributed by atoms with Crippen molar-refractivity contribution in [1.29, 1.82) is 0 Å². The van der Waals surface area contributed by atoms with E-state index in [0.29, 0.717) is 5.92 Å². The molecule has 0 rings (SSSR count). The third-order valence-electron chi connectivity index (χ3n) is 1.33. The molecule has 0 atom stereocenters. The Kier molecular flexibility index (Phi) is 5.08. The number of hydrogen-bond donors (Lipinski definition) is 1. The Labute approximate surface area is 71.5 Å². The van der Waals surface area contributed by atoms with Crippen LogP contribution in [-0.4, -0.2) is 23.7 Å². The number of carboxylic acid groups (broad SMARTS) is 1. The van der Waals surface area contributed by atoms with E-state index < -0.39 is 11.9 Å². The lowest BCUT2D eigenvalue weighted by molar-refractivity contribution is -0.164. The summed E-state index contributed by atoms with van der Waals surface area (Å²) in [6.07, 6.45) is 1.66. The summed E-state index contributed by atoms with van der Waals surface area (Å²) in [5, 5.41) is 8.12. The Balaban J connectivity index is 3.32. The number of ether oxygens (including phenoxy) is 1. The summed E-state index contributed by atoms with van der Waals surface area (Å²) in [4.78, 5) is 20.3. The second kappa shape index (κ2) is 5.57. The van der Waals surface area contributed by atoms with E-state index in [9.17, 15) is 9.59 Å². The summed E-state index contributed by atoms with van der Waals surface area (Å²) in [5.74, 6) is -2.15. The van der Waals surface area contributed by atoms with E-state index in [1.54, 1.807) is 0 Å². The molecule has 0 aromatic rings. The fourth-order valence-corrected chi connectivity index (χ4v) is 0.718. The second-order valence-corrected chi connectivity index (χ2v) is 2.98. The lowest BCUT2D eigenvalue weighted by atomic mass is 10.1. The Bertz CT molecular complexity index is 162. The normalized spacial score (nSPS) is 9.92. The molecule has 0 saturated carbocycles. The van der Waals surface area contributed by atoms with Gasteiger partial charge in [-0.15, -0.1) is 0 Å². The van der Waals surface area contributed by atoms with Gasteiger partial charge in [0.15, 0.2) is 0 Å². The highest BCUT2D eigenvalue weighted by atomic mass is 16.6. The molecule has 0 aliphatic carbocycles. The van der Waals surface area contributed by atoms with Crippen molar-refractivity contribution in [2.45, 2.75) is 26.7 Å². The van der Waals surface area contributed by atoms with Crippen molar-refractivity contribution in [2.75, 3.05) is 6.61 Å². The maximum absolute atomic E-state index is 10.4. The predicted octanol–water partition coefficient (Wildman–Crippen LogP) is 1.05. The van der Waals surface area contributed by atoms with E-state index in [-0.39, 0.29) is 6.61 Å². The predicted molar refractivity (Wildman–Crippen MR) is 42.7 cm³/mol. The summed E-state index contributed by atoms with van der Waals surface area (Å²) in [6, 6.07) is 0. The topological polar surface area (TPSA) is 63.6 Å². The van der Waals surface area contributed by atoms with Gasteiger partial charge in [-0.1, -0.05) is 13.8 Å². The minimum Gasteiger partial charge on any atom is -0.473 e. The molecule has 0 aliphatic rings. The van der Waals surface area contributed by atoms with Crippen LogP contribution in [0.15, 0.2) is 0 Å². The van der Waals surface area contributed by atoms with Gasteiger partial charge < -0.3 is 9.84 Å². The third-order valence-corrected chi connectivity index (χ3v) is 1.33. The zero-order chi connectivity index (χ0) is 9.56. The van der Waals surface area contributed by atoms with Crippen LogP contribution in [0, 0.1) is 5.92 Å². The van der Waals surface area contributed by atoms with Crippen molar-refractivity contribution in [3.05, 3.63) is 0 Å². The number of carbonyl (C=O) groups excluding carboxylic acids is 1. The smallest absolute Gasteiger partial charge is 0.417 e. The maximum atomic E-state index is 10.4. The van der Waals surface area contributed by atoms with Crippen molar-refractivity contribution < 1.29 is 19.4 Å². The van der Waals surface area contributed by atoms with Gasteiger partial charge in [-0.3, -0.25) is 0 Å². The Morgan fingerprint density at radius 1 is 1.42 bits per heavy atom. The lowest BCUT2D eigenvalue weighted by Gasteiger charge is -2.03. The largest absolute Gasteiger partial charge is 0.473 e. The maximum Gasteiger partial charge on any atom is 0.417 e. The molecule has 0 unspecified atom stereocenters. The molecule has 0 amide bonds. The van der Waals surface area contributed by atoms with Crippen LogP contribution in [0.25, 0.3) is 0 Å². The summed E-state index contributed by atoms with van der Waals surface area (Å²) in [6.45, 7) is 4.31. The lowest BCUT2D eigenvalue weighted by Crippen LogP contribution is -2.16. The standard InChI is InChI=1S/C8H14O4/c1-6(2)4-3-5-12-8(11)7(9)10/h6H,3-5H2,1-2H3,(H,9,10). The van der Waals surface area contributed by atoms with Gasteiger partial charge in [0.1, 0.15) is 0 Å². The zero-order valence-corrected chi connectivity index (χ0v) is 7.37. The summed E-state index contributed by atoms with van der Waals surface area (Å²) < 4.78 is 4.42. The zero-order valence-electron chi connectivity index (χ0n) is 7.37. The first kappa shape index (κ1) is 10.9. The SMILES string of the molecule is CC(C)CCCOC(=O)C(=O)O. The van der Waals surface area contributed by atoms with Crippen LogP contribution in [0.2, 0.25) is 0 Å². The summed E-state index contributed by atoms with van der Waals surface area (Å²) >= 11 is 0. The molecular formula is C8H14O4. The Morgan fingerprint density at radius 2 is 2.00 bits per heavy atom. The van der Waals surface area contributed by atoms with Gasteiger partial charge in [-0.05, 0) is 18.8 Å². The number of rotatable bonds is 4. The fraction of sp³-hybridized carbons (Fsp3) is 0.750. The van der Waals surface area contributed by atoms with Crippen LogP contribution in [0.5, 0.6) is 0 Å². The minimum absolute atomic E-state index is 0.198. The van der Waals surface area contributed by atoms with Crippen LogP contribution in [0.4, 0.5) is 0 Å². The first-order valence-electron chi connectivity index (χ1n) is 3.94. The van der Waals surface area contributed by atoms with Crippen molar-refractivity contribution >= 4 is 11.9 Å². The van der Waals surface area contributed by atoms with Crippen molar-refractivity contribution in [1.82, 2.24) is 0 Å². The second-order valence-electron chi connectivity index (χ2n) is 2.98. The minimum atomic E-state index is -1.53. The molecular weight excluding hydrogens is 160 g/mol. The fourth-order valence-electron chi connectivity index (χ4n) is 0.718. The molecule has 12 heavy (non-hydrogen) atoms. The molecule has 4 nitrogen and oxygen atoms in total. The highest BCUT2D eigenvalue weighted by molar-refractivity contribution is 6.28. The number of carbonyl (C=O) groups is 2. The molecule has 0 spiro atoms. The van der Waals surface area contributed by atoms with Gasteiger partial charge in [0.2, 0.25) is 0 Å². The van der Waals surface area contributed by atoms with Crippen LogP contribution in [-0.2, 0) is 14.3 Å². The van der Waals surface area contributed by atoms with Crippen LogP contribution in [0.3, 0.4) is 0 Å². The average Bonchev–Trinajstić information content (AvgIpc) is 1.97. The van der Waals surface area contributed by atoms with Crippen molar-refractivity contribution in [3.63, 3.8) is 0 Å². The van der Waals surface area contributed by atoms with E-state index in [4.69, 9.17) is 5.11 Å². The molecule has 0 bridgehead atoms. The van der Waals surface area contributed by atoms with Crippen molar-refractivity contribution in [3.8, 4) is 0 Å². The monoisotopic (exact) mass is 174 g/mol. The van der Waals surface area contributed by atoms with Gasteiger partial charge in [0.05, 0.1) is 6.61 Å². The number of esters is 1. The van der Waals surface area contributed by atoms with Crippen LogP contribution < -0.4 is 0 Å². The molecule has 0 aromatic carbocycles. The molecule has 0 heterocycles. The first-order chi connectivity index (χ1) is 5.54. The van der Waals surface area contributed by atoms with Gasteiger partial charge in [0, 0.05) is 0 Å². The first-order valence-corrected chi connectivity index (χ1v) is 3.94. The third kappa shape index (κ3) is 5.70. The molecule has 0 aliphatic heterocycles. The Morgan fingerprint density at radius 3 is 2.42 bits per heavy atom. The number of aliphatic carboxylic acids is 1. The van der Waals surface area contributed by atoms with E-state index in [1.807, 2.05) is 0 Å². The van der Waals surface area contributed by atoms with E-state index in [1.165, 1.54) is 0 Å². The Hall–Kier alpha value is -1.06. The van der Waals surface area contributed by atoms with E-state index >= 15 is 0 Å². The summed E-state index contributed by atoms with van der Waals surface area (Å²) in [5.41, 5.74) is 0. The quantitative estimate of drug-likeness (QED) is 0.393. The van der Waals surface area contributed by atoms with Crippen LogP contribution in [0.1, 0.15) is 26.7 Å². The van der Waals surface area contributed by atoms with Crippen LogP contribution >= 0.6 is 0 Å². The molecule has 1 N–H and O–H groups in total. The van der Waals surface area contributed by atoms with E-state index in [2.05, 4.69) is 18.6 Å². The molecule has 0 saturated heterocycles. The van der Waals surface area contributed by atoms with Crippen molar-refractivity contribution in [2.24, 2.45) is 5.92 Å². The molecule has 70 valence electrons. The molecule has 0 fully saturated rings. The van der Waals surface area contributed by atoms with Gasteiger partial charge >= 0.3 is 11.9 Å². The van der Waals surface area contributed by atoms with E-state index in [0.717, 1.165) is 12.8 Å². The average molecular weight is 174 g/mol. The molecule has 0 aromatic heterocycles. The molecule has 4 heteroatoms. The number of hydrogen-bond acceptors (Lipinski definition) is 3. The van der Waals surface area contributed by atoms with Gasteiger partial charge in [-0.2, -0.15) is 0 Å². The van der Waals surface area contributed by atoms with Gasteiger partial charge in [-0.25, -0.2) is 9.59 Å². The summed E-state index contributed by atoms with van der Waals surface area (Å²) in [7, 11) is 0. The molecule has 0 radical (unpaired) electrons. The number of carboxylic acids is 1.